The lowest BCUT2D eigenvalue weighted by atomic mass is 10.1. The Morgan fingerprint density at radius 1 is 1.27 bits per heavy atom. The van der Waals surface area contributed by atoms with Gasteiger partial charge in [0.2, 0.25) is 0 Å². The highest BCUT2D eigenvalue weighted by Gasteiger charge is 2.11. The van der Waals surface area contributed by atoms with E-state index in [1.165, 1.54) is 12.5 Å². The summed E-state index contributed by atoms with van der Waals surface area (Å²) in [5.74, 6) is 0.493. The molecule has 0 amide bonds. The van der Waals surface area contributed by atoms with Crippen molar-refractivity contribution in [2.75, 3.05) is 0 Å². The number of hydrogen-bond acceptors (Lipinski definition) is 2. The Morgan fingerprint density at radius 3 is 2.07 bits per heavy atom. The van der Waals surface area contributed by atoms with Gasteiger partial charge >= 0.3 is 5.97 Å². The minimum atomic E-state index is -0.254. The predicted molar refractivity (Wildman–Crippen MR) is 77.9 cm³/mol. The number of hydrogen-bond donors (Lipinski definition) is 0. The van der Waals surface area contributed by atoms with Gasteiger partial charge in [0.15, 0.2) is 0 Å². The van der Waals surface area contributed by atoms with Crippen molar-refractivity contribution in [1.29, 1.82) is 0 Å². The molecule has 0 aliphatic carbocycles. The Hall–Kier alpha value is 0.150. The largest absolute Gasteiger partial charge is 0.426 e. The summed E-state index contributed by atoms with van der Waals surface area (Å²) in [5.41, 5.74) is 3.40. The first-order valence-corrected chi connectivity index (χ1v) is 7.56. The van der Waals surface area contributed by atoms with Crippen molar-refractivity contribution in [3.63, 3.8) is 0 Å². The van der Waals surface area contributed by atoms with Crippen LogP contribution in [0.25, 0.3) is 0 Å². The summed E-state index contributed by atoms with van der Waals surface area (Å²) in [6.07, 6.45) is 0. The monoisotopic (exact) mass is 430 g/mol. The van der Waals surface area contributed by atoms with Crippen molar-refractivity contribution < 1.29 is 9.53 Å². The number of benzene rings is 1. The van der Waals surface area contributed by atoms with Crippen molar-refractivity contribution in [3.05, 3.63) is 28.8 Å². The van der Waals surface area contributed by atoms with Gasteiger partial charge in [0, 0.05) is 26.9 Å². The summed E-state index contributed by atoms with van der Waals surface area (Å²) in [6.45, 7) is 3.50. The first kappa shape index (κ1) is 13.2. The number of esters is 1. The molecule has 4 heteroatoms. The quantitative estimate of drug-likeness (QED) is 0.316. The van der Waals surface area contributed by atoms with E-state index in [2.05, 4.69) is 64.2 Å². The zero-order chi connectivity index (χ0) is 11.4. The first-order valence-electron chi connectivity index (χ1n) is 4.51. The third-order valence-electron chi connectivity index (χ3n) is 1.92. The molecular weight excluding hydrogens is 418 g/mol. The molecule has 0 saturated heterocycles. The molecule has 0 spiro atoms. The number of halogens is 2. The molecule has 0 unspecified atom stereocenters. The molecular formula is C11H12I2O2. The molecule has 0 aliphatic rings. The molecule has 0 bridgehead atoms. The van der Waals surface area contributed by atoms with Gasteiger partial charge in [-0.1, -0.05) is 62.9 Å². The SMILES string of the molecule is CC(=O)Oc1c(CI)cc(C)cc1CI. The minimum Gasteiger partial charge on any atom is -0.426 e. The minimum absolute atomic E-state index is 0.254. The van der Waals surface area contributed by atoms with E-state index >= 15 is 0 Å². The summed E-state index contributed by atoms with van der Waals surface area (Å²) >= 11 is 4.56. The van der Waals surface area contributed by atoms with Crippen molar-refractivity contribution in [2.24, 2.45) is 0 Å². The van der Waals surface area contributed by atoms with Gasteiger partial charge in [-0.3, -0.25) is 4.79 Å². The second-order valence-electron chi connectivity index (χ2n) is 3.27. The zero-order valence-corrected chi connectivity index (χ0v) is 13.0. The second kappa shape index (κ2) is 6.03. The molecule has 82 valence electrons. The van der Waals surface area contributed by atoms with Gasteiger partial charge in [-0.2, -0.15) is 0 Å². The molecule has 1 aromatic rings. The highest BCUT2D eigenvalue weighted by atomic mass is 127. The maximum atomic E-state index is 11.0. The first-order chi connectivity index (χ1) is 7.08. The van der Waals surface area contributed by atoms with Crippen LogP contribution in [0.15, 0.2) is 12.1 Å². The van der Waals surface area contributed by atoms with E-state index in [9.17, 15) is 4.79 Å². The summed E-state index contributed by atoms with van der Waals surface area (Å²) in [6, 6.07) is 4.14. The van der Waals surface area contributed by atoms with Crippen LogP contribution in [0, 0.1) is 6.92 Å². The van der Waals surface area contributed by atoms with Gasteiger partial charge in [-0.15, -0.1) is 0 Å². The Labute approximate surface area is 117 Å². The normalized spacial score (nSPS) is 10.1. The highest BCUT2D eigenvalue weighted by molar-refractivity contribution is 14.1. The number of rotatable bonds is 3. The Morgan fingerprint density at radius 2 is 1.73 bits per heavy atom. The Kier molecular flexibility index (Phi) is 5.31. The molecule has 1 aromatic carbocycles. The van der Waals surface area contributed by atoms with Crippen molar-refractivity contribution >= 4 is 51.2 Å². The van der Waals surface area contributed by atoms with Crippen molar-refractivity contribution in [1.82, 2.24) is 0 Å². The van der Waals surface area contributed by atoms with Crippen LogP contribution < -0.4 is 4.74 Å². The molecule has 0 N–H and O–H groups in total. The fourth-order valence-corrected chi connectivity index (χ4v) is 2.54. The predicted octanol–water partition coefficient (Wildman–Crippen LogP) is 3.79. The molecule has 0 heterocycles. The van der Waals surface area contributed by atoms with E-state index < -0.39 is 0 Å². The van der Waals surface area contributed by atoms with E-state index in [1.807, 2.05) is 0 Å². The van der Waals surface area contributed by atoms with Crippen LogP contribution in [0.3, 0.4) is 0 Å². The summed E-state index contributed by atoms with van der Waals surface area (Å²) in [5, 5.41) is 0. The molecule has 0 radical (unpaired) electrons. The highest BCUT2D eigenvalue weighted by Crippen LogP contribution is 2.29. The fraction of sp³-hybridized carbons (Fsp3) is 0.364. The van der Waals surface area contributed by atoms with Gasteiger partial charge in [0.25, 0.3) is 0 Å². The molecule has 0 atom stereocenters. The van der Waals surface area contributed by atoms with Gasteiger partial charge in [-0.05, 0) is 6.92 Å². The number of carbonyl (C=O) groups excluding carboxylic acids is 1. The average molecular weight is 430 g/mol. The van der Waals surface area contributed by atoms with Crippen LogP contribution in [0.4, 0.5) is 0 Å². The Bertz CT molecular complexity index is 350. The van der Waals surface area contributed by atoms with Crippen LogP contribution in [0.1, 0.15) is 23.6 Å². The van der Waals surface area contributed by atoms with Crippen LogP contribution in [-0.4, -0.2) is 5.97 Å². The summed E-state index contributed by atoms with van der Waals surface area (Å²) < 4.78 is 6.97. The second-order valence-corrected chi connectivity index (χ2v) is 4.80. The average Bonchev–Trinajstić information content (AvgIpc) is 2.19. The van der Waals surface area contributed by atoms with Gasteiger partial charge in [0.1, 0.15) is 5.75 Å². The van der Waals surface area contributed by atoms with Crippen LogP contribution in [-0.2, 0) is 13.6 Å². The van der Waals surface area contributed by atoms with E-state index in [0.717, 1.165) is 25.7 Å². The summed E-state index contributed by atoms with van der Waals surface area (Å²) in [4.78, 5) is 11.0. The summed E-state index contributed by atoms with van der Waals surface area (Å²) in [7, 11) is 0. The molecule has 1 rings (SSSR count). The molecule has 0 aromatic heterocycles. The van der Waals surface area contributed by atoms with Crippen LogP contribution in [0.5, 0.6) is 5.75 Å². The topological polar surface area (TPSA) is 26.3 Å². The van der Waals surface area contributed by atoms with Crippen molar-refractivity contribution in [2.45, 2.75) is 22.7 Å². The lowest BCUT2D eigenvalue weighted by Crippen LogP contribution is -2.06. The van der Waals surface area contributed by atoms with Crippen LogP contribution in [0.2, 0.25) is 0 Å². The van der Waals surface area contributed by atoms with Crippen LogP contribution >= 0.6 is 45.2 Å². The fourth-order valence-electron chi connectivity index (χ4n) is 1.40. The number of ether oxygens (including phenoxy) is 1. The standard InChI is InChI=1S/C11H12I2O2/c1-7-3-9(5-12)11(15-8(2)14)10(4-7)6-13/h3-4H,5-6H2,1-2H3. The van der Waals surface area contributed by atoms with E-state index in [0.29, 0.717) is 0 Å². The smallest absolute Gasteiger partial charge is 0.308 e. The third kappa shape index (κ3) is 3.58. The number of carbonyl (C=O) groups is 1. The lowest BCUT2D eigenvalue weighted by molar-refractivity contribution is -0.131. The molecule has 2 nitrogen and oxygen atoms in total. The third-order valence-corrected chi connectivity index (χ3v) is 3.56. The maximum Gasteiger partial charge on any atom is 0.308 e. The van der Waals surface area contributed by atoms with E-state index in [1.54, 1.807) is 0 Å². The molecule has 0 aliphatic heterocycles. The van der Waals surface area contributed by atoms with Gasteiger partial charge in [-0.25, -0.2) is 0 Å². The molecule has 0 saturated carbocycles. The number of alkyl halides is 2. The van der Waals surface area contributed by atoms with Gasteiger partial charge < -0.3 is 4.74 Å². The molecule has 15 heavy (non-hydrogen) atoms. The van der Waals surface area contributed by atoms with Crippen molar-refractivity contribution in [3.8, 4) is 5.75 Å². The Balaban J connectivity index is 3.23. The van der Waals surface area contributed by atoms with E-state index in [-0.39, 0.29) is 5.97 Å². The van der Waals surface area contributed by atoms with E-state index in [4.69, 9.17) is 4.74 Å². The van der Waals surface area contributed by atoms with Gasteiger partial charge in [0.05, 0.1) is 0 Å². The zero-order valence-electron chi connectivity index (χ0n) is 8.64. The number of aryl methyl sites for hydroxylation is 1. The molecule has 0 fully saturated rings. The lowest BCUT2D eigenvalue weighted by Gasteiger charge is -2.12. The maximum absolute atomic E-state index is 11.0.